The first kappa shape index (κ1) is 14.7. The van der Waals surface area contributed by atoms with Crippen LogP contribution < -0.4 is 5.32 Å². The summed E-state index contributed by atoms with van der Waals surface area (Å²) >= 11 is 0. The van der Waals surface area contributed by atoms with E-state index in [9.17, 15) is 13.2 Å². The largest absolute Gasteiger partial charge is 0.490 e. The van der Waals surface area contributed by atoms with Gasteiger partial charge in [-0.05, 0) is 20.4 Å². The van der Waals surface area contributed by atoms with E-state index in [2.05, 4.69) is 19.2 Å². The summed E-state index contributed by atoms with van der Waals surface area (Å²) in [6.45, 7) is 4.33. The van der Waals surface area contributed by atoms with E-state index in [1.807, 2.05) is 7.05 Å². The van der Waals surface area contributed by atoms with Crippen molar-refractivity contribution in [1.82, 2.24) is 5.32 Å². The molecule has 0 spiro atoms. The molecule has 0 rings (SSSR count). The molecule has 0 aromatic heterocycles. The Morgan fingerprint density at radius 1 is 1.54 bits per heavy atom. The molecule has 0 bridgehead atoms. The second-order valence-corrected chi connectivity index (χ2v) is 2.40. The van der Waals surface area contributed by atoms with Crippen LogP contribution in [0.25, 0.3) is 0 Å². The van der Waals surface area contributed by atoms with E-state index in [-0.39, 0.29) is 0 Å². The summed E-state index contributed by atoms with van der Waals surface area (Å²) < 4.78 is 31.7. The van der Waals surface area contributed by atoms with E-state index in [1.165, 1.54) is 6.42 Å². The molecule has 13 heavy (non-hydrogen) atoms. The molecule has 6 heteroatoms. The van der Waals surface area contributed by atoms with Crippen LogP contribution in [0.15, 0.2) is 0 Å². The first-order valence-electron chi connectivity index (χ1n) is 3.73. The van der Waals surface area contributed by atoms with Crippen molar-refractivity contribution in [3.63, 3.8) is 0 Å². The van der Waals surface area contributed by atoms with Gasteiger partial charge in [0.1, 0.15) is 0 Å². The second kappa shape index (κ2) is 6.71. The Hall–Kier alpha value is -0.780. The average molecular weight is 201 g/mol. The first-order chi connectivity index (χ1) is 5.75. The van der Waals surface area contributed by atoms with Crippen LogP contribution in [0.5, 0.6) is 0 Å². The molecule has 0 saturated heterocycles. The second-order valence-electron chi connectivity index (χ2n) is 2.40. The lowest BCUT2D eigenvalue weighted by Gasteiger charge is -2.02. The van der Waals surface area contributed by atoms with Crippen LogP contribution in [-0.2, 0) is 4.79 Å². The monoisotopic (exact) mass is 201 g/mol. The predicted octanol–water partition coefficient (Wildman–Crippen LogP) is 1.64. The zero-order chi connectivity index (χ0) is 11.1. The Labute approximate surface area is 74.9 Å². The summed E-state index contributed by atoms with van der Waals surface area (Å²) in [6.07, 6.45) is -3.86. The third-order valence-electron chi connectivity index (χ3n) is 1.35. The van der Waals surface area contributed by atoms with E-state index in [0.29, 0.717) is 6.04 Å². The lowest BCUT2D eigenvalue weighted by atomic mass is 10.3. The topological polar surface area (TPSA) is 49.3 Å². The van der Waals surface area contributed by atoms with Gasteiger partial charge in [0, 0.05) is 6.04 Å². The quantitative estimate of drug-likeness (QED) is 0.714. The van der Waals surface area contributed by atoms with E-state index >= 15 is 0 Å². The lowest BCUT2D eigenvalue weighted by molar-refractivity contribution is -0.192. The number of carboxylic acids is 1. The molecule has 3 nitrogen and oxygen atoms in total. The maximum Gasteiger partial charge on any atom is 0.490 e. The lowest BCUT2D eigenvalue weighted by Crippen LogP contribution is -2.21. The molecule has 0 saturated carbocycles. The van der Waals surface area contributed by atoms with Gasteiger partial charge in [0.25, 0.3) is 0 Å². The van der Waals surface area contributed by atoms with Crippen molar-refractivity contribution >= 4 is 5.97 Å². The van der Waals surface area contributed by atoms with Gasteiger partial charge in [-0.1, -0.05) is 6.92 Å². The van der Waals surface area contributed by atoms with Gasteiger partial charge in [0.2, 0.25) is 0 Å². The van der Waals surface area contributed by atoms with Crippen LogP contribution >= 0.6 is 0 Å². The van der Waals surface area contributed by atoms with Crippen molar-refractivity contribution in [2.45, 2.75) is 32.5 Å². The number of carboxylic acid groups (broad SMARTS) is 1. The molecule has 0 aliphatic carbocycles. The van der Waals surface area contributed by atoms with Gasteiger partial charge in [0.15, 0.2) is 0 Å². The third-order valence-corrected chi connectivity index (χ3v) is 1.35. The molecule has 1 atom stereocenters. The van der Waals surface area contributed by atoms with Crippen molar-refractivity contribution in [1.29, 1.82) is 0 Å². The Morgan fingerprint density at radius 3 is 1.85 bits per heavy atom. The number of hydrogen-bond acceptors (Lipinski definition) is 2. The Kier molecular flexibility index (Phi) is 7.60. The highest BCUT2D eigenvalue weighted by Gasteiger charge is 2.38. The van der Waals surface area contributed by atoms with Gasteiger partial charge in [-0.3, -0.25) is 0 Å². The Balaban J connectivity index is 0. The van der Waals surface area contributed by atoms with Gasteiger partial charge < -0.3 is 10.4 Å². The van der Waals surface area contributed by atoms with Crippen molar-refractivity contribution in [2.24, 2.45) is 0 Å². The number of aliphatic carboxylic acids is 1. The van der Waals surface area contributed by atoms with E-state index in [4.69, 9.17) is 9.90 Å². The highest BCUT2D eigenvalue weighted by Crippen LogP contribution is 2.13. The van der Waals surface area contributed by atoms with Gasteiger partial charge in [-0.25, -0.2) is 4.79 Å². The van der Waals surface area contributed by atoms with Crippen molar-refractivity contribution < 1.29 is 23.1 Å². The molecular formula is C7H14F3NO2. The zero-order valence-corrected chi connectivity index (χ0v) is 7.77. The molecule has 0 heterocycles. The summed E-state index contributed by atoms with van der Waals surface area (Å²) in [5.74, 6) is -2.76. The fourth-order valence-corrected chi connectivity index (χ4v) is 0.204. The molecule has 0 aromatic carbocycles. The average Bonchev–Trinajstić information content (AvgIpc) is 2.02. The van der Waals surface area contributed by atoms with Crippen molar-refractivity contribution in [3.8, 4) is 0 Å². The molecule has 1 unspecified atom stereocenters. The summed E-state index contributed by atoms with van der Waals surface area (Å²) in [4.78, 5) is 8.90. The third kappa shape index (κ3) is 11.2. The maximum absolute atomic E-state index is 10.6. The minimum Gasteiger partial charge on any atom is -0.475 e. The van der Waals surface area contributed by atoms with Crippen LogP contribution in [0.4, 0.5) is 13.2 Å². The molecule has 0 aliphatic heterocycles. The van der Waals surface area contributed by atoms with Crippen LogP contribution in [0.2, 0.25) is 0 Å². The van der Waals surface area contributed by atoms with Crippen LogP contribution in [0.3, 0.4) is 0 Å². The summed E-state index contributed by atoms with van der Waals surface area (Å²) in [7, 11) is 1.98. The molecular weight excluding hydrogens is 187 g/mol. The molecule has 2 N–H and O–H groups in total. The van der Waals surface area contributed by atoms with E-state index in [1.54, 1.807) is 0 Å². The van der Waals surface area contributed by atoms with Gasteiger partial charge >= 0.3 is 12.1 Å². The standard InChI is InChI=1S/C5H13N.C2HF3O2/c1-4-5(2)6-3;3-2(4,5)1(6)7/h5-6H,4H2,1-3H3;(H,6,7). The Bertz CT molecular complexity index is 143. The molecule has 0 amide bonds. The normalized spacial score (nSPS) is 12.8. The minimum absolute atomic E-state index is 0.685. The van der Waals surface area contributed by atoms with Crippen LogP contribution in [0.1, 0.15) is 20.3 Å². The van der Waals surface area contributed by atoms with Crippen LogP contribution in [-0.4, -0.2) is 30.3 Å². The van der Waals surface area contributed by atoms with Gasteiger partial charge in [-0.15, -0.1) is 0 Å². The van der Waals surface area contributed by atoms with E-state index in [0.717, 1.165) is 0 Å². The predicted molar refractivity (Wildman–Crippen MR) is 42.5 cm³/mol. The number of alkyl halides is 3. The number of rotatable bonds is 2. The number of halogens is 3. The number of hydrogen-bond donors (Lipinski definition) is 2. The zero-order valence-electron chi connectivity index (χ0n) is 7.77. The Morgan fingerprint density at radius 2 is 1.85 bits per heavy atom. The molecule has 0 aromatic rings. The smallest absolute Gasteiger partial charge is 0.475 e. The minimum atomic E-state index is -5.08. The fraction of sp³-hybridized carbons (Fsp3) is 0.857. The highest BCUT2D eigenvalue weighted by molar-refractivity contribution is 5.73. The van der Waals surface area contributed by atoms with Gasteiger partial charge in [-0.2, -0.15) is 13.2 Å². The summed E-state index contributed by atoms with van der Waals surface area (Å²) in [6, 6.07) is 0.685. The molecule has 80 valence electrons. The molecule has 0 aliphatic rings. The summed E-state index contributed by atoms with van der Waals surface area (Å²) in [5, 5.41) is 10.2. The number of carbonyl (C=O) groups is 1. The first-order valence-corrected chi connectivity index (χ1v) is 3.73. The molecule has 0 radical (unpaired) electrons. The number of nitrogens with one attached hydrogen (secondary N) is 1. The SMILES string of the molecule is CCC(C)NC.O=C(O)C(F)(F)F. The van der Waals surface area contributed by atoms with Crippen LogP contribution in [0, 0.1) is 0 Å². The summed E-state index contributed by atoms with van der Waals surface area (Å²) in [5.41, 5.74) is 0. The maximum atomic E-state index is 10.6. The van der Waals surface area contributed by atoms with Crippen molar-refractivity contribution in [3.05, 3.63) is 0 Å². The highest BCUT2D eigenvalue weighted by atomic mass is 19.4. The van der Waals surface area contributed by atoms with E-state index < -0.39 is 12.1 Å². The molecule has 0 fully saturated rings. The fourth-order valence-electron chi connectivity index (χ4n) is 0.204. The van der Waals surface area contributed by atoms with Crippen molar-refractivity contribution in [2.75, 3.05) is 7.05 Å². The van der Waals surface area contributed by atoms with Gasteiger partial charge in [0.05, 0.1) is 0 Å².